The van der Waals surface area contributed by atoms with Gasteiger partial charge in [-0.3, -0.25) is 0 Å². The third-order valence-corrected chi connectivity index (χ3v) is 3.45. The van der Waals surface area contributed by atoms with E-state index < -0.39 is 16.0 Å². The predicted molar refractivity (Wildman–Crippen MR) is 59.8 cm³/mol. The summed E-state index contributed by atoms with van der Waals surface area (Å²) in [6, 6.07) is 3.12. The summed E-state index contributed by atoms with van der Waals surface area (Å²) in [5.74, 6) is -0.577. The number of methoxy groups -OCH3 is 1. The predicted octanol–water partition coefficient (Wildman–Crippen LogP) is 2.70. The van der Waals surface area contributed by atoms with Gasteiger partial charge in [-0.25, -0.2) is 9.00 Å². The van der Waals surface area contributed by atoms with Crippen molar-refractivity contribution in [3.63, 3.8) is 0 Å². The number of carbonyl (C=O) groups is 1. The van der Waals surface area contributed by atoms with Crippen LogP contribution in [-0.4, -0.2) is 17.3 Å². The van der Waals surface area contributed by atoms with Crippen LogP contribution >= 0.6 is 22.3 Å². The van der Waals surface area contributed by atoms with Crippen molar-refractivity contribution in [3.8, 4) is 0 Å². The number of aryl methyl sites for hydroxylation is 1. The van der Waals surface area contributed by atoms with Crippen molar-refractivity contribution in [3.05, 3.63) is 28.3 Å². The van der Waals surface area contributed by atoms with Crippen molar-refractivity contribution in [1.82, 2.24) is 0 Å². The van der Waals surface area contributed by atoms with Gasteiger partial charge in [-0.1, -0.05) is 11.6 Å². The van der Waals surface area contributed by atoms with Crippen molar-refractivity contribution in [2.75, 3.05) is 7.11 Å². The lowest BCUT2D eigenvalue weighted by Gasteiger charge is -2.06. The number of hydrogen-bond donors (Lipinski definition) is 0. The molecule has 0 saturated carbocycles. The van der Waals surface area contributed by atoms with Crippen LogP contribution in [0.1, 0.15) is 15.9 Å². The fourth-order valence-corrected chi connectivity index (χ4v) is 2.52. The van der Waals surface area contributed by atoms with E-state index in [4.69, 9.17) is 22.3 Å². The van der Waals surface area contributed by atoms with Gasteiger partial charge in [0.2, 0.25) is 0 Å². The highest BCUT2D eigenvalue weighted by Gasteiger charge is 2.17. The van der Waals surface area contributed by atoms with Crippen molar-refractivity contribution in [1.29, 1.82) is 0 Å². The summed E-state index contributed by atoms with van der Waals surface area (Å²) in [6.07, 6.45) is 0. The minimum absolute atomic E-state index is 0.0702. The molecule has 15 heavy (non-hydrogen) atoms. The largest absolute Gasteiger partial charge is 0.465 e. The lowest BCUT2D eigenvalue weighted by atomic mass is 10.1. The van der Waals surface area contributed by atoms with Gasteiger partial charge in [-0.15, -0.1) is 0 Å². The van der Waals surface area contributed by atoms with E-state index >= 15 is 0 Å². The molecule has 0 amide bonds. The molecule has 0 aromatic heterocycles. The van der Waals surface area contributed by atoms with Crippen LogP contribution in [0.4, 0.5) is 0 Å². The van der Waals surface area contributed by atoms with Crippen LogP contribution in [0.3, 0.4) is 0 Å². The van der Waals surface area contributed by atoms with Crippen LogP contribution in [0.2, 0.25) is 5.02 Å². The third kappa shape index (κ3) is 2.71. The van der Waals surface area contributed by atoms with Crippen molar-refractivity contribution in [2.45, 2.75) is 11.8 Å². The molecule has 1 rings (SSSR count). The Labute approximate surface area is 99.3 Å². The lowest BCUT2D eigenvalue weighted by Crippen LogP contribution is -2.04. The van der Waals surface area contributed by atoms with Crippen LogP contribution in [0.15, 0.2) is 17.0 Å². The first-order chi connectivity index (χ1) is 6.97. The second-order valence-electron chi connectivity index (χ2n) is 2.84. The molecule has 6 heteroatoms. The SMILES string of the molecule is COC(=O)c1cc(C)cc(S(=O)Cl)c1Cl. The second-order valence-corrected chi connectivity index (χ2v) is 4.95. The third-order valence-electron chi connectivity index (χ3n) is 1.76. The number of rotatable bonds is 2. The number of carbonyl (C=O) groups excluding carboxylic acids is 1. The summed E-state index contributed by atoms with van der Waals surface area (Å²) in [5, 5.41) is 0.0702. The average molecular weight is 267 g/mol. The molecule has 0 heterocycles. The van der Waals surface area contributed by atoms with E-state index in [1.807, 2.05) is 0 Å². The Morgan fingerprint density at radius 2 is 2.07 bits per heavy atom. The Kier molecular flexibility index (Phi) is 4.13. The molecule has 0 aliphatic carbocycles. The molecule has 1 atom stereocenters. The van der Waals surface area contributed by atoms with Gasteiger partial charge in [-0.05, 0) is 35.3 Å². The van der Waals surface area contributed by atoms with E-state index in [0.717, 1.165) is 5.56 Å². The number of halogens is 2. The minimum Gasteiger partial charge on any atom is -0.465 e. The number of hydrogen-bond acceptors (Lipinski definition) is 3. The Morgan fingerprint density at radius 1 is 1.47 bits per heavy atom. The minimum atomic E-state index is -1.75. The summed E-state index contributed by atoms with van der Waals surface area (Å²) < 4.78 is 15.7. The number of ether oxygens (including phenoxy) is 1. The molecule has 0 fully saturated rings. The van der Waals surface area contributed by atoms with Crippen LogP contribution in [0, 0.1) is 6.92 Å². The normalized spacial score (nSPS) is 12.3. The van der Waals surface area contributed by atoms with Gasteiger partial charge in [0.15, 0.2) is 0 Å². The second kappa shape index (κ2) is 4.96. The molecule has 0 radical (unpaired) electrons. The molecule has 3 nitrogen and oxygen atoms in total. The van der Waals surface area contributed by atoms with E-state index in [0.29, 0.717) is 0 Å². The van der Waals surface area contributed by atoms with Crippen LogP contribution < -0.4 is 0 Å². The molecule has 0 aliphatic rings. The average Bonchev–Trinajstić information content (AvgIpc) is 2.19. The molecule has 82 valence electrons. The first-order valence-corrected chi connectivity index (χ1v) is 6.29. The number of esters is 1. The topological polar surface area (TPSA) is 43.4 Å². The maximum Gasteiger partial charge on any atom is 0.339 e. The van der Waals surface area contributed by atoms with E-state index in [-0.39, 0.29) is 15.5 Å². The smallest absolute Gasteiger partial charge is 0.339 e. The standard InChI is InChI=1S/C9H8Cl2O3S/c1-5-3-6(9(12)14-2)8(10)7(4-5)15(11)13/h3-4H,1-2H3. The molecule has 0 N–H and O–H groups in total. The van der Waals surface area contributed by atoms with Gasteiger partial charge < -0.3 is 4.74 Å². The van der Waals surface area contributed by atoms with Gasteiger partial charge in [0.25, 0.3) is 0 Å². The lowest BCUT2D eigenvalue weighted by molar-refractivity contribution is 0.0600. The maximum absolute atomic E-state index is 11.3. The van der Waals surface area contributed by atoms with E-state index in [1.54, 1.807) is 19.1 Å². The van der Waals surface area contributed by atoms with Crippen molar-refractivity contribution in [2.24, 2.45) is 0 Å². The Morgan fingerprint density at radius 3 is 2.53 bits per heavy atom. The van der Waals surface area contributed by atoms with Crippen LogP contribution in [-0.2, 0) is 14.7 Å². The molecule has 0 aliphatic heterocycles. The molecule has 1 unspecified atom stereocenters. The van der Waals surface area contributed by atoms with Gasteiger partial charge in [-0.2, -0.15) is 0 Å². The molecular formula is C9H8Cl2O3S. The van der Waals surface area contributed by atoms with Crippen molar-refractivity contribution < 1.29 is 13.7 Å². The van der Waals surface area contributed by atoms with Gasteiger partial charge in [0.05, 0.1) is 22.6 Å². The quantitative estimate of drug-likeness (QED) is 0.611. The first-order valence-electron chi connectivity index (χ1n) is 3.94. The molecular weight excluding hydrogens is 259 g/mol. The summed E-state index contributed by atoms with van der Waals surface area (Å²) >= 11 is 5.87. The van der Waals surface area contributed by atoms with Gasteiger partial charge >= 0.3 is 5.97 Å². The monoisotopic (exact) mass is 266 g/mol. The van der Waals surface area contributed by atoms with Gasteiger partial charge in [0.1, 0.15) is 10.0 Å². The molecule has 0 saturated heterocycles. The molecule has 1 aromatic rings. The first kappa shape index (κ1) is 12.5. The zero-order chi connectivity index (χ0) is 11.6. The summed E-state index contributed by atoms with van der Waals surface area (Å²) in [6.45, 7) is 1.75. The highest BCUT2D eigenvalue weighted by Crippen LogP contribution is 2.27. The van der Waals surface area contributed by atoms with Crippen molar-refractivity contribution >= 4 is 38.3 Å². The van der Waals surface area contributed by atoms with E-state index in [2.05, 4.69) is 4.74 Å². The highest BCUT2D eigenvalue weighted by molar-refractivity contribution is 8.08. The Balaban J connectivity index is 3.41. The maximum atomic E-state index is 11.3. The van der Waals surface area contributed by atoms with Gasteiger partial charge in [0, 0.05) is 0 Å². The van der Waals surface area contributed by atoms with E-state index in [1.165, 1.54) is 7.11 Å². The summed E-state index contributed by atoms with van der Waals surface area (Å²) in [5.41, 5.74) is 0.909. The molecule has 0 spiro atoms. The molecule has 0 bridgehead atoms. The fourth-order valence-electron chi connectivity index (χ4n) is 1.11. The molecule has 1 aromatic carbocycles. The Hall–Kier alpha value is -0.580. The summed E-state index contributed by atoms with van der Waals surface area (Å²) in [4.78, 5) is 11.5. The summed E-state index contributed by atoms with van der Waals surface area (Å²) in [7, 11) is 4.94. The van der Waals surface area contributed by atoms with E-state index in [9.17, 15) is 9.00 Å². The number of benzene rings is 1. The van der Waals surface area contributed by atoms with Crippen LogP contribution in [0.5, 0.6) is 0 Å². The highest BCUT2D eigenvalue weighted by atomic mass is 35.7. The fraction of sp³-hybridized carbons (Fsp3) is 0.222. The zero-order valence-electron chi connectivity index (χ0n) is 8.04. The Bertz CT molecular complexity index is 432. The zero-order valence-corrected chi connectivity index (χ0v) is 10.4. The van der Waals surface area contributed by atoms with Crippen LogP contribution in [0.25, 0.3) is 0 Å².